The molecule has 1 aliphatic carbocycles. The van der Waals surface area contributed by atoms with Gasteiger partial charge in [0, 0.05) is 11.4 Å². The number of nitrogens with zero attached hydrogens (tertiary/aromatic N) is 3. The van der Waals surface area contributed by atoms with Crippen molar-refractivity contribution in [3.63, 3.8) is 0 Å². The lowest BCUT2D eigenvalue weighted by Gasteiger charge is -2.25. The Labute approximate surface area is 155 Å². The summed E-state index contributed by atoms with van der Waals surface area (Å²) in [5.41, 5.74) is 5.66. The van der Waals surface area contributed by atoms with Crippen molar-refractivity contribution < 1.29 is 4.79 Å². The Morgan fingerprint density at radius 3 is 2.62 bits per heavy atom. The zero-order valence-corrected chi connectivity index (χ0v) is 16.2. The van der Waals surface area contributed by atoms with Crippen molar-refractivity contribution in [3.05, 3.63) is 58.2 Å². The Hall–Kier alpha value is -2.27. The van der Waals surface area contributed by atoms with Crippen LogP contribution in [-0.2, 0) is 24.2 Å². The summed E-state index contributed by atoms with van der Waals surface area (Å²) in [6.07, 6.45) is 4.49. The van der Waals surface area contributed by atoms with Gasteiger partial charge in [0.05, 0.1) is 6.54 Å². The van der Waals surface area contributed by atoms with Crippen molar-refractivity contribution in [2.75, 3.05) is 14.1 Å². The first-order chi connectivity index (χ1) is 12.5. The Bertz CT molecular complexity index is 801. The Morgan fingerprint density at radius 2 is 1.88 bits per heavy atom. The molecule has 1 aromatic heterocycles. The van der Waals surface area contributed by atoms with E-state index in [1.54, 1.807) is 0 Å². The van der Waals surface area contributed by atoms with Gasteiger partial charge in [-0.3, -0.25) is 9.69 Å². The number of likely N-dealkylation sites (N-methyl/N-ethyl adjacent to an activating group) is 1. The van der Waals surface area contributed by atoms with Crippen LogP contribution in [0.25, 0.3) is 0 Å². The maximum absolute atomic E-state index is 12.9. The summed E-state index contributed by atoms with van der Waals surface area (Å²) in [4.78, 5) is 24.1. The normalized spacial score (nSPS) is 14.8. The van der Waals surface area contributed by atoms with Crippen LogP contribution in [0.2, 0.25) is 0 Å². The smallest absolute Gasteiger partial charge is 0.242 e. The molecule has 1 amide bonds. The van der Waals surface area contributed by atoms with E-state index in [0.717, 1.165) is 35.4 Å². The maximum Gasteiger partial charge on any atom is 0.242 e. The molecule has 0 saturated heterocycles. The van der Waals surface area contributed by atoms with Crippen LogP contribution in [0.1, 0.15) is 52.8 Å². The number of fused-ring (bicyclic) bond motifs is 1. The highest BCUT2D eigenvalue weighted by Gasteiger charge is 2.24. The van der Waals surface area contributed by atoms with E-state index >= 15 is 0 Å². The van der Waals surface area contributed by atoms with Crippen molar-refractivity contribution >= 4 is 5.91 Å². The molecule has 1 unspecified atom stereocenters. The number of carbonyl (C=O) groups excluding carboxylic acids is 1. The zero-order valence-electron chi connectivity index (χ0n) is 16.2. The summed E-state index contributed by atoms with van der Waals surface area (Å²) in [7, 11) is 3.85. The van der Waals surface area contributed by atoms with Gasteiger partial charge < -0.3 is 5.32 Å². The third kappa shape index (κ3) is 3.93. The van der Waals surface area contributed by atoms with E-state index in [1.807, 2.05) is 57.1 Å². The first-order valence-electron chi connectivity index (χ1n) is 9.32. The van der Waals surface area contributed by atoms with Crippen LogP contribution in [0.15, 0.2) is 24.3 Å². The van der Waals surface area contributed by atoms with Gasteiger partial charge in [0.25, 0.3) is 0 Å². The first kappa shape index (κ1) is 18.5. The standard InChI is InChI=1S/C21H28N4O/c1-14-9-5-6-10-16(14)20(25(3)4)21(26)22-13-19-23-15(2)17-11-7-8-12-18(17)24-19/h5-6,9-10,20H,7-8,11-13H2,1-4H3,(H,22,26). The second-order valence-corrected chi connectivity index (χ2v) is 7.30. The molecule has 3 rings (SSSR count). The molecule has 0 aliphatic heterocycles. The minimum Gasteiger partial charge on any atom is -0.347 e. The second kappa shape index (κ2) is 7.96. The van der Waals surface area contributed by atoms with Crippen LogP contribution in [0, 0.1) is 13.8 Å². The minimum atomic E-state index is -0.324. The Morgan fingerprint density at radius 1 is 1.15 bits per heavy atom. The van der Waals surface area contributed by atoms with Crippen molar-refractivity contribution in [1.82, 2.24) is 20.2 Å². The number of hydrogen-bond acceptors (Lipinski definition) is 4. The molecule has 138 valence electrons. The molecule has 26 heavy (non-hydrogen) atoms. The predicted molar refractivity (Wildman–Crippen MR) is 103 cm³/mol. The summed E-state index contributed by atoms with van der Waals surface area (Å²) in [6.45, 7) is 4.45. The van der Waals surface area contributed by atoms with Crippen LogP contribution >= 0.6 is 0 Å². The van der Waals surface area contributed by atoms with E-state index in [0.29, 0.717) is 12.4 Å². The lowest BCUT2D eigenvalue weighted by molar-refractivity contribution is -0.126. The van der Waals surface area contributed by atoms with Crippen molar-refractivity contribution in [3.8, 4) is 0 Å². The van der Waals surface area contributed by atoms with Crippen LogP contribution < -0.4 is 5.32 Å². The van der Waals surface area contributed by atoms with Crippen molar-refractivity contribution in [1.29, 1.82) is 0 Å². The van der Waals surface area contributed by atoms with Gasteiger partial charge in [0.15, 0.2) is 0 Å². The molecule has 0 spiro atoms. The highest BCUT2D eigenvalue weighted by molar-refractivity contribution is 5.83. The molecule has 1 heterocycles. The second-order valence-electron chi connectivity index (χ2n) is 7.30. The molecule has 1 aliphatic rings. The quantitative estimate of drug-likeness (QED) is 0.899. The van der Waals surface area contributed by atoms with Gasteiger partial charge >= 0.3 is 0 Å². The number of aryl methyl sites for hydroxylation is 3. The third-order valence-electron chi connectivity index (χ3n) is 5.10. The fourth-order valence-electron chi connectivity index (χ4n) is 3.73. The molecular formula is C21H28N4O. The average molecular weight is 352 g/mol. The number of rotatable bonds is 5. The summed E-state index contributed by atoms with van der Waals surface area (Å²) < 4.78 is 0. The predicted octanol–water partition coefficient (Wildman–Crippen LogP) is 2.89. The summed E-state index contributed by atoms with van der Waals surface area (Å²) in [6, 6.07) is 7.69. The molecule has 0 radical (unpaired) electrons. The van der Waals surface area contributed by atoms with E-state index < -0.39 is 0 Å². The Kier molecular flexibility index (Phi) is 5.67. The molecule has 1 atom stereocenters. The van der Waals surface area contributed by atoms with Gasteiger partial charge in [0.1, 0.15) is 11.9 Å². The highest BCUT2D eigenvalue weighted by atomic mass is 16.2. The molecule has 0 saturated carbocycles. The van der Waals surface area contributed by atoms with E-state index in [2.05, 4.69) is 10.3 Å². The zero-order chi connectivity index (χ0) is 18.7. The van der Waals surface area contributed by atoms with E-state index in [4.69, 9.17) is 4.98 Å². The van der Waals surface area contributed by atoms with Gasteiger partial charge in [-0.25, -0.2) is 9.97 Å². The number of nitrogens with one attached hydrogen (secondary N) is 1. The summed E-state index contributed by atoms with van der Waals surface area (Å²) in [5.74, 6) is 0.682. The number of aromatic nitrogens is 2. The molecule has 0 fully saturated rings. The number of benzene rings is 1. The Balaban J connectivity index is 1.75. The molecule has 5 nitrogen and oxygen atoms in total. The van der Waals surface area contributed by atoms with Crippen molar-refractivity contribution in [2.24, 2.45) is 0 Å². The average Bonchev–Trinajstić information content (AvgIpc) is 2.61. The minimum absolute atomic E-state index is 0.0247. The van der Waals surface area contributed by atoms with Gasteiger partial charge in [-0.15, -0.1) is 0 Å². The molecule has 1 aromatic carbocycles. The lowest BCUT2D eigenvalue weighted by Crippen LogP contribution is -2.37. The number of amides is 1. The van der Waals surface area contributed by atoms with Crippen LogP contribution in [0.5, 0.6) is 0 Å². The van der Waals surface area contributed by atoms with Crippen LogP contribution in [-0.4, -0.2) is 34.9 Å². The fourth-order valence-corrected chi connectivity index (χ4v) is 3.73. The lowest BCUT2D eigenvalue weighted by atomic mass is 9.95. The monoisotopic (exact) mass is 352 g/mol. The van der Waals surface area contributed by atoms with Gasteiger partial charge in [-0.2, -0.15) is 0 Å². The third-order valence-corrected chi connectivity index (χ3v) is 5.10. The van der Waals surface area contributed by atoms with E-state index in [9.17, 15) is 4.79 Å². The first-order valence-corrected chi connectivity index (χ1v) is 9.32. The van der Waals surface area contributed by atoms with Crippen LogP contribution in [0.4, 0.5) is 0 Å². The van der Waals surface area contributed by atoms with Gasteiger partial charge in [-0.05, 0) is 70.3 Å². The van der Waals surface area contributed by atoms with Crippen molar-refractivity contribution in [2.45, 2.75) is 52.1 Å². The van der Waals surface area contributed by atoms with Gasteiger partial charge in [-0.1, -0.05) is 24.3 Å². The van der Waals surface area contributed by atoms with E-state index in [1.165, 1.54) is 18.4 Å². The topological polar surface area (TPSA) is 58.1 Å². The fraction of sp³-hybridized carbons (Fsp3) is 0.476. The molecule has 1 N–H and O–H groups in total. The SMILES string of the molecule is Cc1ccccc1C(C(=O)NCc1nc(C)c2c(n1)CCCC2)N(C)C. The maximum atomic E-state index is 12.9. The van der Waals surface area contributed by atoms with Gasteiger partial charge in [0.2, 0.25) is 5.91 Å². The number of carbonyl (C=O) groups is 1. The van der Waals surface area contributed by atoms with E-state index in [-0.39, 0.29) is 11.9 Å². The number of hydrogen-bond donors (Lipinski definition) is 1. The molecule has 2 aromatic rings. The summed E-state index contributed by atoms with van der Waals surface area (Å²) >= 11 is 0. The molecule has 5 heteroatoms. The largest absolute Gasteiger partial charge is 0.347 e. The molecule has 0 bridgehead atoms. The van der Waals surface area contributed by atoms with Crippen LogP contribution in [0.3, 0.4) is 0 Å². The molecular weight excluding hydrogens is 324 g/mol. The summed E-state index contributed by atoms with van der Waals surface area (Å²) in [5, 5.41) is 3.03. The highest BCUT2D eigenvalue weighted by Crippen LogP contribution is 2.23.